The van der Waals surface area contributed by atoms with E-state index in [9.17, 15) is 4.79 Å². The number of methoxy groups -OCH3 is 1. The van der Waals surface area contributed by atoms with Crippen LogP contribution in [0, 0.1) is 27.7 Å². The second kappa shape index (κ2) is 5.49. The molecule has 0 aliphatic rings. The van der Waals surface area contributed by atoms with Crippen molar-refractivity contribution in [1.29, 1.82) is 0 Å². The Morgan fingerprint density at radius 2 is 1.50 bits per heavy atom. The third-order valence-electron chi connectivity index (χ3n) is 3.60. The molecule has 0 aliphatic carbocycles. The van der Waals surface area contributed by atoms with Gasteiger partial charge in [-0.25, -0.2) is 0 Å². The SMILES string of the molecule is COc1cc(C)cc(C)c1C(=O)c1c(C)cccc1C. The molecule has 0 heterocycles. The minimum Gasteiger partial charge on any atom is -0.496 e. The van der Waals surface area contributed by atoms with Crippen molar-refractivity contribution in [1.82, 2.24) is 0 Å². The van der Waals surface area contributed by atoms with E-state index in [1.54, 1.807) is 7.11 Å². The number of hydrogen-bond donors (Lipinski definition) is 0. The van der Waals surface area contributed by atoms with Crippen molar-refractivity contribution in [3.63, 3.8) is 0 Å². The predicted octanol–water partition coefficient (Wildman–Crippen LogP) is 4.16. The van der Waals surface area contributed by atoms with Gasteiger partial charge in [0.25, 0.3) is 0 Å². The number of aryl methyl sites for hydroxylation is 4. The average Bonchev–Trinajstić information content (AvgIpc) is 2.37. The van der Waals surface area contributed by atoms with Crippen molar-refractivity contribution in [3.8, 4) is 5.75 Å². The van der Waals surface area contributed by atoms with E-state index in [1.807, 2.05) is 58.0 Å². The maximum absolute atomic E-state index is 12.9. The molecule has 0 saturated carbocycles. The molecule has 0 N–H and O–H groups in total. The number of hydrogen-bond acceptors (Lipinski definition) is 2. The summed E-state index contributed by atoms with van der Waals surface area (Å²) in [6.07, 6.45) is 0. The van der Waals surface area contributed by atoms with E-state index in [-0.39, 0.29) is 5.78 Å². The Morgan fingerprint density at radius 1 is 0.900 bits per heavy atom. The van der Waals surface area contributed by atoms with Crippen molar-refractivity contribution in [2.45, 2.75) is 27.7 Å². The second-order valence-corrected chi connectivity index (χ2v) is 5.26. The highest BCUT2D eigenvalue weighted by Crippen LogP contribution is 2.28. The Kier molecular flexibility index (Phi) is 3.93. The molecule has 0 unspecified atom stereocenters. The summed E-state index contributed by atoms with van der Waals surface area (Å²) < 4.78 is 5.41. The summed E-state index contributed by atoms with van der Waals surface area (Å²) in [6, 6.07) is 9.84. The maximum atomic E-state index is 12.9. The molecule has 20 heavy (non-hydrogen) atoms. The highest BCUT2D eigenvalue weighted by molar-refractivity contribution is 6.13. The van der Waals surface area contributed by atoms with Crippen LogP contribution < -0.4 is 4.74 Å². The van der Waals surface area contributed by atoms with Gasteiger partial charge in [0.05, 0.1) is 12.7 Å². The molecular weight excluding hydrogens is 248 g/mol. The number of carbonyl (C=O) groups is 1. The van der Waals surface area contributed by atoms with Gasteiger partial charge in [0, 0.05) is 5.56 Å². The predicted molar refractivity (Wildman–Crippen MR) is 81.8 cm³/mol. The largest absolute Gasteiger partial charge is 0.496 e. The summed E-state index contributed by atoms with van der Waals surface area (Å²) in [5, 5.41) is 0. The fourth-order valence-corrected chi connectivity index (χ4v) is 2.68. The lowest BCUT2D eigenvalue weighted by Crippen LogP contribution is -2.10. The third kappa shape index (κ3) is 2.46. The maximum Gasteiger partial charge on any atom is 0.197 e. The summed E-state index contributed by atoms with van der Waals surface area (Å²) in [4.78, 5) is 12.9. The first-order valence-electron chi connectivity index (χ1n) is 6.72. The molecule has 2 nitrogen and oxygen atoms in total. The van der Waals surface area contributed by atoms with Gasteiger partial charge in [-0.3, -0.25) is 4.79 Å². The smallest absolute Gasteiger partial charge is 0.197 e. The zero-order valence-electron chi connectivity index (χ0n) is 12.7. The molecule has 2 heteroatoms. The van der Waals surface area contributed by atoms with E-state index in [0.717, 1.165) is 27.8 Å². The quantitative estimate of drug-likeness (QED) is 0.781. The zero-order valence-corrected chi connectivity index (χ0v) is 12.7. The van der Waals surface area contributed by atoms with Crippen molar-refractivity contribution < 1.29 is 9.53 Å². The molecule has 0 spiro atoms. The average molecular weight is 268 g/mol. The van der Waals surface area contributed by atoms with Gasteiger partial charge in [0.2, 0.25) is 0 Å². The molecule has 2 aromatic carbocycles. The minimum absolute atomic E-state index is 0.0370. The van der Waals surface area contributed by atoms with Crippen LogP contribution in [0.4, 0.5) is 0 Å². The number of rotatable bonds is 3. The van der Waals surface area contributed by atoms with Crippen LogP contribution in [0.15, 0.2) is 30.3 Å². The molecule has 0 aromatic heterocycles. The molecule has 0 fully saturated rings. The zero-order chi connectivity index (χ0) is 14.9. The molecular formula is C18H20O2. The first kappa shape index (κ1) is 14.3. The van der Waals surface area contributed by atoms with Gasteiger partial charge in [-0.05, 0) is 56.0 Å². The van der Waals surface area contributed by atoms with Crippen LogP contribution in [-0.4, -0.2) is 12.9 Å². The van der Waals surface area contributed by atoms with Crippen LogP contribution in [-0.2, 0) is 0 Å². The summed E-state index contributed by atoms with van der Waals surface area (Å²) in [5.74, 6) is 0.685. The minimum atomic E-state index is 0.0370. The molecule has 0 amide bonds. The van der Waals surface area contributed by atoms with Gasteiger partial charge >= 0.3 is 0 Å². The van der Waals surface area contributed by atoms with Crippen molar-refractivity contribution in [2.75, 3.05) is 7.11 Å². The first-order chi connectivity index (χ1) is 9.45. The van der Waals surface area contributed by atoms with Gasteiger partial charge in [-0.2, -0.15) is 0 Å². The lowest BCUT2D eigenvalue weighted by molar-refractivity contribution is 0.103. The van der Waals surface area contributed by atoms with Crippen LogP contribution in [0.3, 0.4) is 0 Å². The lowest BCUT2D eigenvalue weighted by Gasteiger charge is -2.14. The molecule has 2 rings (SSSR count). The molecule has 104 valence electrons. The summed E-state index contributed by atoms with van der Waals surface area (Å²) in [5.41, 5.74) is 5.48. The number of carbonyl (C=O) groups excluding carboxylic acids is 1. The highest BCUT2D eigenvalue weighted by atomic mass is 16.5. The number of ether oxygens (including phenoxy) is 1. The van der Waals surface area contributed by atoms with Crippen molar-refractivity contribution in [2.24, 2.45) is 0 Å². The van der Waals surface area contributed by atoms with Gasteiger partial charge in [0.15, 0.2) is 5.78 Å². The van der Waals surface area contributed by atoms with E-state index < -0.39 is 0 Å². The Bertz CT molecular complexity index is 649. The van der Waals surface area contributed by atoms with E-state index >= 15 is 0 Å². The van der Waals surface area contributed by atoms with E-state index in [1.165, 1.54) is 0 Å². The van der Waals surface area contributed by atoms with E-state index in [2.05, 4.69) is 0 Å². The van der Waals surface area contributed by atoms with Crippen molar-refractivity contribution >= 4 is 5.78 Å². The molecule has 0 bridgehead atoms. The summed E-state index contributed by atoms with van der Waals surface area (Å²) in [7, 11) is 1.61. The Balaban J connectivity index is 2.66. The number of ketones is 1. The topological polar surface area (TPSA) is 26.3 Å². The highest BCUT2D eigenvalue weighted by Gasteiger charge is 2.20. The molecule has 0 atom stereocenters. The van der Waals surface area contributed by atoms with Crippen LogP contribution in [0.2, 0.25) is 0 Å². The Morgan fingerprint density at radius 3 is 2.05 bits per heavy atom. The lowest BCUT2D eigenvalue weighted by atomic mass is 9.91. The van der Waals surface area contributed by atoms with Crippen LogP contribution in [0.1, 0.15) is 38.2 Å². The molecule has 0 saturated heterocycles. The van der Waals surface area contributed by atoms with Gasteiger partial charge in [-0.15, -0.1) is 0 Å². The summed E-state index contributed by atoms with van der Waals surface area (Å²) >= 11 is 0. The molecule has 0 aliphatic heterocycles. The van der Waals surface area contributed by atoms with E-state index in [4.69, 9.17) is 4.74 Å². The monoisotopic (exact) mass is 268 g/mol. The number of benzene rings is 2. The Hall–Kier alpha value is -2.09. The first-order valence-corrected chi connectivity index (χ1v) is 6.72. The van der Waals surface area contributed by atoms with Crippen LogP contribution >= 0.6 is 0 Å². The van der Waals surface area contributed by atoms with Gasteiger partial charge in [-0.1, -0.05) is 24.3 Å². The van der Waals surface area contributed by atoms with E-state index in [0.29, 0.717) is 11.3 Å². The fourth-order valence-electron chi connectivity index (χ4n) is 2.68. The second-order valence-electron chi connectivity index (χ2n) is 5.26. The standard InChI is InChI=1S/C18H20O2/c1-11-9-14(4)17(15(10-11)20-5)18(19)16-12(2)7-6-8-13(16)3/h6-10H,1-5H3. The summed E-state index contributed by atoms with van der Waals surface area (Å²) in [6.45, 7) is 7.89. The molecule has 2 aromatic rings. The van der Waals surface area contributed by atoms with Crippen LogP contribution in [0.25, 0.3) is 0 Å². The van der Waals surface area contributed by atoms with Gasteiger partial charge < -0.3 is 4.74 Å². The third-order valence-corrected chi connectivity index (χ3v) is 3.60. The molecule has 0 radical (unpaired) electrons. The van der Waals surface area contributed by atoms with Crippen molar-refractivity contribution in [3.05, 3.63) is 63.7 Å². The van der Waals surface area contributed by atoms with Crippen LogP contribution in [0.5, 0.6) is 5.75 Å². The Labute approximate surface area is 120 Å². The fraction of sp³-hybridized carbons (Fsp3) is 0.278. The van der Waals surface area contributed by atoms with Gasteiger partial charge in [0.1, 0.15) is 5.75 Å². The normalized spacial score (nSPS) is 10.4.